The first-order valence-corrected chi connectivity index (χ1v) is 14.8. The van der Waals surface area contributed by atoms with Crippen LogP contribution in [0.2, 0.25) is 5.02 Å². The number of Topliss-reactive ketones (excluding diaryl/α,β-unsaturated/α-hetero) is 1. The van der Waals surface area contributed by atoms with Crippen LogP contribution >= 0.6 is 11.6 Å². The number of allylic oxidation sites excluding steroid dienone is 2. The zero-order valence-corrected chi connectivity index (χ0v) is 24.8. The maximum absolute atomic E-state index is 13.0. The van der Waals surface area contributed by atoms with Gasteiger partial charge >= 0.3 is 0 Å². The average molecular weight is 548 g/mol. The lowest BCUT2D eigenvalue weighted by Crippen LogP contribution is -2.57. The van der Waals surface area contributed by atoms with Gasteiger partial charge in [0.25, 0.3) is 0 Å². The molecule has 2 unspecified atom stereocenters. The van der Waals surface area contributed by atoms with Crippen molar-refractivity contribution >= 4 is 29.9 Å². The molecule has 39 heavy (non-hydrogen) atoms. The van der Waals surface area contributed by atoms with E-state index in [1.807, 2.05) is 32.2 Å². The highest BCUT2D eigenvalue weighted by Crippen LogP contribution is 2.68. The van der Waals surface area contributed by atoms with Crippen LogP contribution in [-0.2, 0) is 16.0 Å². The van der Waals surface area contributed by atoms with Crippen molar-refractivity contribution in [2.24, 2.45) is 38.5 Å². The SMILES string of the molecule is CC1(C=NCCc2ccc(Cl)cc2)C2=CC[C@@H](c3ccoc3)[C@]2(C)CCC1[C@@]1(C)CCC(=O)C(C)(C)[C@H]1C=O. The third kappa shape index (κ3) is 4.57. The lowest BCUT2D eigenvalue weighted by atomic mass is 9.43. The zero-order chi connectivity index (χ0) is 28.1. The van der Waals surface area contributed by atoms with E-state index in [0.29, 0.717) is 18.9 Å². The second-order valence-corrected chi connectivity index (χ2v) is 13.9. The fraction of sp³-hybridized carbons (Fsp3) is 0.559. The second kappa shape index (κ2) is 10.2. The third-order valence-electron chi connectivity index (χ3n) is 11.0. The van der Waals surface area contributed by atoms with Gasteiger partial charge in [-0.3, -0.25) is 9.79 Å². The van der Waals surface area contributed by atoms with Crippen LogP contribution < -0.4 is 0 Å². The van der Waals surface area contributed by atoms with E-state index in [2.05, 4.69) is 51.3 Å². The van der Waals surface area contributed by atoms with Gasteiger partial charge in [-0.2, -0.15) is 0 Å². The molecule has 3 aliphatic carbocycles. The fourth-order valence-corrected chi connectivity index (χ4v) is 8.94. The first-order valence-electron chi connectivity index (χ1n) is 14.4. The Hall–Kier alpha value is -2.46. The van der Waals surface area contributed by atoms with E-state index in [4.69, 9.17) is 21.0 Å². The van der Waals surface area contributed by atoms with Gasteiger partial charge in [0.2, 0.25) is 0 Å². The molecule has 1 heterocycles. The summed E-state index contributed by atoms with van der Waals surface area (Å²) in [5.74, 6) is 0.451. The van der Waals surface area contributed by atoms with Crippen LogP contribution in [0.5, 0.6) is 0 Å². The molecule has 0 spiro atoms. The van der Waals surface area contributed by atoms with Gasteiger partial charge in [0.15, 0.2) is 0 Å². The number of nitrogens with zero attached hydrogens (tertiary/aromatic N) is 1. The van der Waals surface area contributed by atoms with Crippen molar-refractivity contribution < 1.29 is 14.0 Å². The van der Waals surface area contributed by atoms with Crippen LogP contribution in [-0.4, -0.2) is 24.8 Å². The Morgan fingerprint density at radius 1 is 1.08 bits per heavy atom. The molecule has 208 valence electrons. The number of halogens is 1. The number of aliphatic imine (C=N–C) groups is 1. The van der Waals surface area contributed by atoms with Gasteiger partial charge < -0.3 is 9.21 Å². The van der Waals surface area contributed by atoms with E-state index in [1.165, 1.54) is 16.7 Å². The number of hydrogen-bond acceptors (Lipinski definition) is 4. The van der Waals surface area contributed by atoms with Gasteiger partial charge in [-0.05, 0) is 84.1 Å². The predicted octanol–water partition coefficient (Wildman–Crippen LogP) is 8.29. The molecule has 4 nitrogen and oxygen atoms in total. The van der Waals surface area contributed by atoms with Crippen LogP contribution in [0.4, 0.5) is 0 Å². The minimum atomic E-state index is -0.661. The minimum Gasteiger partial charge on any atom is -0.472 e. The molecule has 0 N–H and O–H groups in total. The maximum atomic E-state index is 13.0. The second-order valence-electron chi connectivity index (χ2n) is 13.4. The summed E-state index contributed by atoms with van der Waals surface area (Å²) in [6.07, 6.45) is 14.6. The molecule has 0 aliphatic heterocycles. The summed E-state index contributed by atoms with van der Waals surface area (Å²) in [4.78, 5) is 30.8. The topological polar surface area (TPSA) is 59.6 Å². The number of rotatable bonds is 7. The van der Waals surface area contributed by atoms with Gasteiger partial charge in [0, 0.05) is 41.0 Å². The highest BCUT2D eigenvalue weighted by atomic mass is 35.5. The van der Waals surface area contributed by atoms with E-state index in [-0.39, 0.29) is 33.9 Å². The Morgan fingerprint density at radius 3 is 2.49 bits per heavy atom. The summed E-state index contributed by atoms with van der Waals surface area (Å²) < 4.78 is 5.50. The number of furan rings is 1. The van der Waals surface area contributed by atoms with E-state index in [9.17, 15) is 9.59 Å². The van der Waals surface area contributed by atoms with Crippen molar-refractivity contribution in [3.63, 3.8) is 0 Å². The molecule has 1 aromatic heterocycles. The van der Waals surface area contributed by atoms with Crippen LogP contribution in [0, 0.1) is 33.5 Å². The largest absolute Gasteiger partial charge is 0.472 e. The number of carbonyl (C=O) groups is 2. The molecule has 0 amide bonds. The van der Waals surface area contributed by atoms with E-state index >= 15 is 0 Å². The smallest absolute Gasteiger partial charge is 0.139 e. The van der Waals surface area contributed by atoms with Crippen molar-refractivity contribution in [3.05, 3.63) is 70.7 Å². The standard InChI is InChI=1S/C34H42ClNO3/c1-31(2)29(20-37)33(4,17-13-30(31)38)28-12-16-32(3)26(24-15-19-39-21-24)10-11-27(32)34(28,5)22-36-18-14-23-6-8-25(35)9-7-23/h6-9,11,15,19-22,26,28-29H,10,12-14,16-18H2,1-5H3/t26-,28?,29+,32-,33+,34?/m0/s1. The molecule has 2 saturated carbocycles. The molecule has 2 aromatic rings. The molecular weight excluding hydrogens is 506 g/mol. The number of hydrogen-bond donors (Lipinski definition) is 0. The quantitative estimate of drug-likeness (QED) is 0.199. The number of carbonyl (C=O) groups excluding carboxylic acids is 2. The highest BCUT2D eigenvalue weighted by molar-refractivity contribution is 6.30. The van der Waals surface area contributed by atoms with E-state index < -0.39 is 5.41 Å². The predicted molar refractivity (Wildman–Crippen MR) is 157 cm³/mol. The summed E-state index contributed by atoms with van der Waals surface area (Å²) in [7, 11) is 0. The van der Waals surface area contributed by atoms with Gasteiger partial charge in [0.1, 0.15) is 12.1 Å². The lowest BCUT2D eigenvalue weighted by molar-refractivity contribution is -0.152. The molecule has 2 fully saturated rings. The average Bonchev–Trinajstić information content (AvgIpc) is 3.54. The minimum absolute atomic E-state index is 0.00956. The van der Waals surface area contributed by atoms with Gasteiger partial charge in [-0.25, -0.2) is 0 Å². The highest BCUT2D eigenvalue weighted by Gasteiger charge is 2.63. The van der Waals surface area contributed by atoms with Gasteiger partial charge in [-0.15, -0.1) is 0 Å². The summed E-state index contributed by atoms with van der Waals surface area (Å²) >= 11 is 6.07. The van der Waals surface area contributed by atoms with Crippen molar-refractivity contribution in [1.82, 2.24) is 0 Å². The third-order valence-corrected chi connectivity index (χ3v) is 11.2. The van der Waals surface area contributed by atoms with Crippen molar-refractivity contribution in [2.75, 3.05) is 6.54 Å². The van der Waals surface area contributed by atoms with E-state index in [1.54, 1.807) is 6.26 Å². The number of fused-ring (bicyclic) bond motifs is 1. The van der Waals surface area contributed by atoms with Crippen LogP contribution in [0.15, 0.2) is 63.9 Å². The van der Waals surface area contributed by atoms with Crippen LogP contribution in [0.1, 0.15) is 83.8 Å². The Kier molecular flexibility index (Phi) is 7.33. The molecule has 0 saturated heterocycles. The normalized spacial score (nSPS) is 36.1. The molecule has 6 atom stereocenters. The molecule has 3 aliphatic rings. The monoisotopic (exact) mass is 547 g/mol. The van der Waals surface area contributed by atoms with Crippen molar-refractivity contribution in [3.8, 4) is 0 Å². The zero-order valence-electron chi connectivity index (χ0n) is 24.0. The first kappa shape index (κ1) is 28.1. The lowest BCUT2D eigenvalue weighted by Gasteiger charge is -2.60. The molecule has 0 bridgehead atoms. The Labute approximate surface area is 238 Å². The fourth-order valence-electron chi connectivity index (χ4n) is 8.82. The Bertz CT molecular complexity index is 1280. The number of aldehydes is 1. The van der Waals surface area contributed by atoms with Crippen molar-refractivity contribution in [2.45, 2.75) is 79.1 Å². The summed E-state index contributed by atoms with van der Waals surface area (Å²) in [6, 6.07) is 10.1. The molecule has 5 rings (SSSR count). The number of ketones is 1. The molecule has 0 radical (unpaired) electrons. The Balaban J connectivity index is 1.52. The summed E-state index contributed by atoms with van der Waals surface area (Å²) in [5.41, 5.74) is 2.62. The summed E-state index contributed by atoms with van der Waals surface area (Å²) in [5, 5.41) is 0.742. The van der Waals surface area contributed by atoms with Crippen molar-refractivity contribution in [1.29, 1.82) is 0 Å². The maximum Gasteiger partial charge on any atom is 0.139 e. The number of benzene rings is 1. The molecule has 5 heteroatoms. The molecular formula is C34H42ClNO3. The van der Waals surface area contributed by atoms with Gasteiger partial charge in [0.05, 0.1) is 12.5 Å². The first-order chi connectivity index (χ1) is 18.5. The van der Waals surface area contributed by atoms with Gasteiger partial charge in [-0.1, -0.05) is 70.0 Å². The Morgan fingerprint density at radius 2 is 1.82 bits per heavy atom. The van der Waals surface area contributed by atoms with E-state index in [0.717, 1.165) is 43.4 Å². The van der Waals surface area contributed by atoms with Crippen LogP contribution in [0.25, 0.3) is 0 Å². The summed E-state index contributed by atoms with van der Waals surface area (Å²) in [6.45, 7) is 11.7. The van der Waals surface area contributed by atoms with Crippen LogP contribution in [0.3, 0.4) is 0 Å². The molecule has 1 aromatic carbocycles.